The standard InChI is InChI=1S/C22H35N3O3/c1-5-24(6-2)15-19(26)16-28-20-8-7-18(13-21(20)27-4)14-25-11-9-22(3,17-23)10-12-25/h7-8,13,19,26H,5-6,9-12,14-16H2,1-4H3/t19-/m1/s1. The maximum atomic E-state index is 10.2. The molecule has 28 heavy (non-hydrogen) atoms. The van der Waals surface area contributed by atoms with Gasteiger partial charge < -0.3 is 19.5 Å². The predicted octanol–water partition coefficient (Wildman–Crippen LogP) is 2.90. The minimum absolute atomic E-state index is 0.183. The molecule has 1 heterocycles. The Balaban J connectivity index is 1.90. The number of rotatable bonds is 10. The maximum absolute atomic E-state index is 10.2. The summed E-state index contributed by atoms with van der Waals surface area (Å²) in [6, 6.07) is 8.42. The molecule has 0 aliphatic carbocycles. The van der Waals surface area contributed by atoms with Crippen LogP contribution in [0.15, 0.2) is 18.2 Å². The van der Waals surface area contributed by atoms with E-state index in [9.17, 15) is 10.4 Å². The minimum atomic E-state index is -0.535. The molecule has 6 heteroatoms. The number of piperidine rings is 1. The van der Waals surface area contributed by atoms with Gasteiger partial charge in [0.25, 0.3) is 0 Å². The van der Waals surface area contributed by atoms with E-state index in [1.165, 1.54) is 0 Å². The van der Waals surface area contributed by atoms with E-state index >= 15 is 0 Å². The topological polar surface area (TPSA) is 69.0 Å². The summed E-state index contributed by atoms with van der Waals surface area (Å²) >= 11 is 0. The van der Waals surface area contributed by atoms with E-state index in [0.717, 1.165) is 51.1 Å². The molecule has 0 unspecified atom stereocenters. The highest BCUT2D eigenvalue weighted by atomic mass is 16.5. The van der Waals surface area contributed by atoms with Gasteiger partial charge in [0.1, 0.15) is 12.7 Å². The van der Waals surface area contributed by atoms with Crippen molar-refractivity contribution in [2.75, 3.05) is 46.4 Å². The molecule has 1 aromatic carbocycles. The van der Waals surface area contributed by atoms with Crippen molar-refractivity contribution in [3.63, 3.8) is 0 Å². The number of ether oxygens (including phenoxy) is 2. The second kappa shape index (κ2) is 10.7. The third-order valence-corrected chi connectivity index (χ3v) is 5.66. The van der Waals surface area contributed by atoms with Gasteiger partial charge in [-0.15, -0.1) is 0 Å². The summed E-state index contributed by atoms with van der Waals surface area (Å²) in [4.78, 5) is 4.55. The Morgan fingerprint density at radius 3 is 2.50 bits per heavy atom. The highest BCUT2D eigenvalue weighted by molar-refractivity contribution is 5.43. The second-order valence-corrected chi connectivity index (χ2v) is 7.88. The SMILES string of the molecule is CCN(CC)C[C@@H](O)COc1ccc(CN2CCC(C)(C#N)CC2)cc1OC. The molecule has 0 aromatic heterocycles. The van der Waals surface area contributed by atoms with Gasteiger partial charge in [0.05, 0.1) is 18.6 Å². The largest absolute Gasteiger partial charge is 0.493 e. The van der Waals surface area contributed by atoms with Gasteiger partial charge in [0, 0.05) is 13.1 Å². The van der Waals surface area contributed by atoms with E-state index in [1.54, 1.807) is 7.11 Å². The Morgan fingerprint density at radius 2 is 1.93 bits per heavy atom. The van der Waals surface area contributed by atoms with Crippen LogP contribution in [0, 0.1) is 16.7 Å². The molecule has 1 saturated heterocycles. The van der Waals surface area contributed by atoms with E-state index < -0.39 is 6.10 Å². The number of nitrogens with zero attached hydrogens (tertiary/aromatic N) is 3. The van der Waals surface area contributed by atoms with Crippen LogP contribution in [0.1, 0.15) is 39.2 Å². The highest BCUT2D eigenvalue weighted by Gasteiger charge is 2.29. The molecule has 1 N–H and O–H groups in total. The Morgan fingerprint density at radius 1 is 1.25 bits per heavy atom. The summed E-state index contributed by atoms with van der Waals surface area (Å²) < 4.78 is 11.3. The molecular formula is C22H35N3O3. The molecule has 1 atom stereocenters. The lowest BCUT2D eigenvalue weighted by Crippen LogP contribution is -2.37. The van der Waals surface area contributed by atoms with Crippen molar-refractivity contribution < 1.29 is 14.6 Å². The number of hydrogen-bond donors (Lipinski definition) is 1. The van der Waals surface area contributed by atoms with Gasteiger partial charge in [0.2, 0.25) is 0 Å². The summed E-state index contributed by atoms with van der Waals surface area (Å²) in [6.07, 6.45) is 1.28. The third-order valence-electron chi connectivity index (χ3n) is 5.66. The number of methoxy groups -OCH3 is 1. The molecular weight excluding hydrogens is 354 g/mol. The average Bonchev–Trinajstić information content (AvgIpc) is 2.72. The molecule has 0 saturated carbocycles. The van der Waals surface area contributed by atoms with Crippen LogP contribution in [0.2, 0.25) is 0 Å². The Bertz CT molecular complexity index is 647. The van der Waals surface area contributed by atoms with Crippen LogP contribution in [0.25, 0.3) is 0 Å². The van der Waals surface area contributed by atoms with Crippen LogP contribution in [0.4, 0.5) is 0 Å². The van der Waals surface area contributed by atoms with Crippen molar-refractivity contribution in [1.29, 1.82) is 5.26 Å². The number of aliphatic hydroxyl groups excluding tert-OH is 1. The fourth-order valence-corrected chi connectivity index (χ4v) is 3.52. The highest BCUT2D eigenvalue weighted by Crippen LogP contribution is 2.32. The van der Waals surface area contributed by atoms with E-state index in [0.29, 0.717) is 18.0 Å². The molecule has 1 fully saturated rings. The van der Waals surface area contributed by atoms with Crippen LogP contribution in [-0.4, -0.2) is 67.5 Å². The first-order chi connectivity index (χ1) is 13.4. The Kier molecular flexibility index (Phi) is 8.56. The molecule has 0 spiro atoms. The van der Waals surface area contributed by atoms with Crippen LogP contribution in [0.3, 0.4) is 0 Å². The summed E-state index contributed by atoms with van der Waals surface area (Å²) in [5, 5.41) is 19.5. The quantitative estimate of drug-likeness (QED) is 0.664. The fraction of sp³-hybridized carbons (Fsp3) is 0.682. The first-order valence-electron chi connectivity index (χ1n) is 10.3. The number of likely N-dealkylation sites (tertiary alicyclic amines) is 1. The van der Waals surface area contributed by atoms with Crippen molar-refractivity contribution in [3.05, 3.63) is 23.8 Å². The van der Waals surface area contributed by atoms with Crippen LogP contribution >= 0.6 is 0 Å². The molecule has 0 radical (unpaired) electrons. The zero-order valence-electron chi connectivity index (χ0n) is 17.8. The normalized spacial score (nSPS) is 17.9. The van der Waals surface area contributed by atoms with E-state index in [-0.39, 0.29) is 12.0 Å². The van der Waals surface area contributed by atoms with Gasteiger partial charge in [0.15, 0.2) is 11.5 Å². The van der Waals surface area contributed by atoms with E-state index in [2.05, 4.69) is 29.7 Å². The number of hydrogen-bond acceptors (Lipinski definition) is 6. The molecule has 0 bridgehead atoms. The van der Waals surface area contributed by atoms with Crippen LogP contribution in [-0.2, 0) is 6.54 Å². The van der Waals surface area contributed by atoms with E-state index in [4.69, 9.17) is 9.47 Å². The third kappa shape index (κ3) is 6.37. The minimum Gasteiger partial charge on any atom is -0.493 e. The van der Waals surface area contributed by atoms with E-state index in [1.807, 2.05) is 25.1 Å². The molecule has 1 aliphatic heterocycles. The Hall–Kier alpha value is -1.81. The summed E-state index contributed by atoms with van der Waals surface area (Å²) in [5.74, 6) is 1.34. The zero-order chi connectivity index (χ0) is 20.6. The average molecular weight is 390 g/mol. The smallest absolute Gasteiger partial charge is 0.161 e. The fourth-order valence-electron chi connectivity index (χ4n) is 3.52. The molecule has 156 valence electrons. The monoisotopic (exact) mass is 389 g/mol. The molecule has 2 rings (SSSR count). The predicted molar refractivity (Wildman–Crippen MR) is 111 cm³/mol. The molecule has 0 amide bonds. The van der Waals surface area contributed by atoms with Gasteiger partial charge in [-0.2, -0.15) is 5.26 Å². The number of aliphatic hydroxyl groups is 1. The second-order valence-electron chi connectivity index (χ2n) is 7.88. The molecule has 1 aliphatic rings. The van der Waals surface area contributed by atoms with Gasteiger partial charge in [-0.25, -0.2) is 0 Å². The zero-order valence-corrected chi connectivity index (χ0v) is 17.8. The molecule has 1 aromatic rings. The molecule has 6 nitrogen and oxygen atoms in total. The lowest BCUT2D eigenvalue weighted by atomic mass is 9.82. The first-order valence-corrected chi connectivity index (χ1v) is 10.3. The summed E-state index contributed by atoms with van der Waals surface area (Å²) in [6.45, 7) is 11.6. The number of likely N-dealkylation sites (N-methyl/N-ethyl adjacent to an activating group) is 1. The van der Waals surface area contributed by atoms with Crippen molar-refractivity contribution >= 4 is 0 Å². The van der Waals surface area contributed by atoms with Crippen LogP contribution in [0.5, 0.6) is 11.5 Å². The maximum Gasteiger partial charge on any atom is 0.161 e. The van der Waals surface area contributed by atoms with Crippen LogP contribution < -0.4 is 9.47 Å². The van der Waals surface area contributed by atoms with Gasteiger partial charge in [-0.05, 0) is 63.6 Å². The lowest BCUT2D eigenvalue weighted by Gasteiger charge is -2.35. The summed E-state index contributed by atoms with van der Waals surface area (Å²) in [5.41, 5.74) is 0.978. The van der Waals surface area contributed by atoms with Gasteiger partial charge in [-0.3, -0.25) is 4.90 Å². The summed E-state index contributed by atoms with van der Waals surface area (Å²) in [7, 11) is 1.64. The van der Waals surface area contributed by atoms with Crippen molar-refractivity contribution in [2.45, 2.75) is 46.3 Å². The lowest BCUT2D eigenvalue weighted by molar-refractivity contribution is 0.0705. The number of benzene rings is 1. The van der Waals surface area contributed by atoms with Crippen molar-refractivity contribution in [2.24, 2.45) is 5.41 Å². The van der Waals surface area contributed by atoms with Crippen molar-refractivity contribution in [1.82, 2.24) is 9.80 Å². The van der Waals surface area contributed by atoms with Gasteiger partial charge >= 0.3 is 0 Å². The Labute approximate surface area is 169 Å². The first kappa shape index (κ1) is 22.5. The number of nitriles is 1. The van der Waals surface area contributed by atoms with Gasteiger partial charge in [-0.1, -0.05) is 19.9 Å². The van der Waals surface area contributed by atoms with Crippen molar-refractivity contribution in [3.8, 4) is 17.6 Å².